The molecule has 0 saturated carbocycles. The second-order valence-electron chi connectivity index (χ2n) is 2.82. The van der Waals surface area contributed by atoms with E-state index in [1.54, 1.807) is 36.7 Å². The number of hydrogen-bond acceptors (Lipinski definition) is 3. The van der Waals surface area contributed by atoms with Gasteiger partial charge in [0.05, 0.1) is 10.7 Å². The summed E-state index contributed by atoms with van der Waals surface area (Å²) >= 11 is 11.8. The number of nitrogens with zero attached hydrogens (tertiary/aromatic N) is 2. The molecule has 0 aliphatic rings. The molecule has 0 saturated heterocycles. The summed E-state index contributed by atoms with van der Waals surface area (Å²) in [7, 11) is 0. The van der Waals surface area contributed by atoms with E-state index in [0.29, 0.717) is 21.7 Å². The molecule has 0 radical (unpaired) electrons. The third-order valence-corrected chi connectivity index (χ3v) is 2.31. The molecule has 0 atom stereocenters. The molecule has 2 aromatic rings. The van der Waals surface area contributed by atoms with Crippen LogP contribution in [0.15, 0.2) is 36.7 Å². The first-order valence-electron chi connectivity index (χ1n) is 4.25. The molecule has 76 valence electrons. The van der Waals surface area contributed by atoms with Gasteiger partial charge in [0.15, 0.2) is 0 Å². The number of benzene rings is 1. The fraction of sp³-hybridized carbons (Fsp3) is 0. The monoisotopic (exact) mass is 239 g/mol. The molecule has 1 aromatic carbocycles. The minimum Gasteiger partial charge on any atom is -0.323 e. The summed E-state index contributed by atoms with van der Waals surface area (Å²) in [5.41, 5.74) is 0.690. The smallest absolute Gasteiger partial charge is 0.227 e. The predicted molar refractivity (Wildman–Crippen MR) is 61.8 cm³/mol. The SMILES string of the molecule is Clc1ccc(Cl)c(Nc2ncccn2)c1. The van der Waals surface area contributed by atoms with Crippen molar-refractivity contribution in [1.29, 1.82) is 0 Å². The fourth-order valence-corrected chi connectivity index (χ4v) is 1.41. The summed E-state index contributed by atoms with van der Waals surface area (Å²) in [5, 5.41) is 4.16. The van der Waals surface area contributed by atoms with E-state index in [4.69, 9.17) is 23.2 Å². The molecule has 5 heteroatoms. The van der Waals surface area contributed by atoms with Crippen LogP contribution in [0.2, 0.25) is 10.0 Å². The van der Waals surface area contributed by atoms with Gasteiger partial charge in [-0.25, -0.2) is 9.97 Å². The molecule has 3 nitrogen and oxygen atoms in total. The zero-order valence-corrected chi connectivity index (χ0v) is 9.13. The third-order valence-electron chi connectivity index (χ3n) is 1.74. The van der Waals surface area contributed by atoms with Gasteiger partial charge in [0.25, 0.3) is 0 Å². The Labute approximate surface area is 97.1 Å². The molecule has 0 aliphatic carbocycles. The Morgan fingerprint density at radius 2 is 1.80 bits per heavy atom. The van der Waals surface area contributed by atoms with Crippen LogP contribution in [0.1, 0.15) is 0 Å². The van der Waals surface area contributed by atoms with Crippen molar-refractivity contribution in [1.82, 2.24) is 9.97 Å². The fourth-order valence-electron chi connectivity index (χ4n) is 1.08. The molecule has 1 N–H and O–H groups in total. The summed E-state index contributed by atoms with van der Waals surface area (Å²) in [6.45, 7) is 0. The maximum atomic E-state index is 5.97. The molecule has 0 amide bonds. The number of halogens is 2. The number of aromatic nitrogens is 2. The number of rotatable bonds is 2. The Kier molecular flexibility index (Phi) is 3.04. The van der Waals surface area contributed by atoms with Gasteiger partial charge in [-0.3, -0.25) is 0 Å². The molecule has 0 bridgehead atoms. The first-order chi connectivity index (χ1) is 7.25. The van der Waals surface area contributed by atoms with Crippen LogP contribution in [-0.2, 0) is 0 Å². The van der Waals surface area contributed by atoms with Gasteiger partial charge >= 0.3 is 0 Å². The minimum absolute atomic E-state index is 0.488. The van der Waals surface area contributed by atoms with Crippen LogP contribution >= 0.6 is 23.2 Å². The summed E-state index contributed by atoms with van der Waals surface area (Å²) in [4.78, 5) is 8.04. The quantitative estimate of drug-likeness (QED) is 0.872. The van der Waals surface area contributed by atoms with Crippen molar-refractivity contribution in [2.45, 2.75) is 0 Å². The Morgan fingerprint density at radius 1 is 1.07 bits per heavy atom. The van der Waals surface area contributed by atoms with Gasteiger partial charge in [0, 0.05) is 17.4 Å². The lowest BCUT2D eigenvalue weighted by Gasteiger charge is -2.06. The van der Waals surface area contributed by atoms with Crippen LogP contribution in [0, 0.1) is 0 Å². The second-order valence-corrected chi connectivity index (χ2v) is 3.67. The lowest BCUT2D eigenvalue weighted by Crippen LogP contribution is -1.96. The van der Waals surface area contributed by atoms with Crippen molar-refractivity contribution in [3.8, 4) is 0 Å². The van der Waals surface area contributed by atoms with E-state index in [0.717, 1.165) is 0 Å². The van der Waals surface area contributed by atoms with Crippen molar-refractivity contribution in [2.24, 2.45) is 0 Å². The molecule has 2 rings (SSSR count). The summed E-state index contributed by atoms with van der Waals surface area (Å²) in [6.07, 6.45) is 3.29. The van der Waals surface area contributed by atoms with Crippen LogP contribution in [0.25, 0.3) is 0 Å². The molecular formula is C10H7Cl2N3. The van der Waals surface area contributed by atoms with E-state index in [2.05, 4.69) is 15.3 Å². The van der Waals surface area contributed by atoms with Crippen LogP contribution in [0.5, 0.6) is 0 Å². The van der Waals surface area contributed by atoms with Gasteiger partial charge in [-0.15, -0.1) is 0 Å². The molecule has 0 spiro atoms. The lowest BCUT2D eigenvalue weighted by molar-refractivity contribution is 1.17. The number of anilines is 2. The van der Waals surface area contributed by atoms with E-state index >= 15 is 0 Å². The molecule has 1 heterocycles. The average Bonchev–Trinajstić information content (AvgIpc) is 2.25. The highest BCUT2D eigenvalue weighted by molar-refractivity contribution is 6.35. The van der Waals surface area contributed by atoms with Gasteiger partial charge in [0.2, 0.25) is 5.95 Å². The molecule has 0 unspecified atom stereocenters. The third kappa shape index (κ3) is 2.58. The first kappa shape index (κ1) is 10.2. The van der Waals surface area contributed by atoms with E-state index in [1.807, 2.05) is 0 Å². The van der Waals surface area contributed by atoms with E-state index < -0.39 is 0 Å². The van der Waals surface area contributed by atoms with Gasteiger partial charge in [-0.1, -0.05) is 23.2 Å². The largest absolute Gasteiger partial charge is 0.323 e. The van der Waals surface area contributed by atoms with Gasteiger partial charge in [-0.2, -0.15) is 0 Å². The summed E-state index contributed by atoms with van der Waals surface area (Å²) < 4.78 is 0. The zero-order valence-electron chi connectivity index (χ0n) is 7.61. The molecule has 0 aliphatic heterocycles. The van der Waals surface area contributed by atoms with Gasteiger partial charge in [-0.05, 0) is 24.3 Å². The average molecular weight is 240 g/mol. The Hall–Kier alpha value is -1.32. The van der Waals surface area contributed by atoms with E-state index in [1.165, 1.54) is 0 Å². The maximum absolute atomic E-state index is 5.97. The Balaban J connectivity index is 2.28. The summed E-state index contributed by atoms with van der Waals surface area (Å²) in [5.74, 6) is 0.488. The van der Waals surface area contributed by atoms with Crippen molar-refractivity contribution < 1.29 is 0 Å². The predicted octanol–water partition coefficient (Wildman–Crippen LogP) is 3.53. The normalized spacial score (nSPS) is 10.0. The van der Waals surface area contributed by atoms with Crippen LogP contribution in [-0.4, -0.2) is 9.97 Å². The van der Waals surface area contributed by atoms with Crippen molar-refractivity contribution in [3.05, 3.63) is 46.7 Å². The van der Waals surface area contributed by atoms with Crippen molar-refractivity contribution in [3.63, 3.8) is 0 Å². The summed E-state index contributed by atoms with van der Waals surface area (Å²) in [6, 6.07) is 6.90. The zero-order chi connectivity index (χ0) is 10.7. The number of nitrogens with one attached hydrogen (secondary N) is 1. The lowest BCUT2D eigenvalue weighted by atomic mass is 10.3. The molecular weight excluding hydrogens is 233 g/mol. The second kappa shape index (κ2) is 4.47. The van der Waals surface area contributed by atoms with Crippen LogP contribution in [0.4, 0.5) is 11.6 Å². The van der Waals surface area contributed by atoms with Crippen LogP contribution < -0.4 is 5.32 Å². The Morgan fingerprint density at radius 3 is 2.53 bits per heavy atom. The number of hydrogen-bond donors (Lipinski definition) is 1. The maximum Gasteiger partial charge on any atom is 0.227 e. The minimum atomic E-state index is 0.488. The topological polar surface area (TPSA) is 37.8 Å². The van der Waals surface area contributed by atoms with Gasteiger partial charge < -0.3 is 5.32 Å². The van der Waals surface area contributed by atoms with Gasteiger partial charge in [0.1, 0.15) is 0 Å². The highest BCUT2D eigenvalue weighted by Crippen LogP contribution is 2.26. The first-order valence-corrected chi connectivity index (χ1v) is 5.00. The molecule has 15 heavy (non-hydrogen) atoms. The van der Waals surface area contributed by atoms with Crippen molar-refractivity contribution in [2.75, 3.05) is 5.32 Å². The molecule has 1 aromatic heterocycles. The van der Waals surface area contributed by atoms with Crippen LogP contribution in [0.3, 0.4) is 0 Å². The van der Waals surface area contributed by atoms with Crippen molar-refractivity contribution >= 4 is 34.8 Å². The van der Waals surface area contributed by atoms with E-state index in [9.17, 15) is 0 Å². The Bertz CT molecular complexity index is 459. The standard InChI is InChI=1S/C10H7Cl2N3/c11-7-2-3-8(12)9(6-7)15-10-13-4-1-5-14-10/h1-6H,(H,13,14,15). The highest BCUT2D eigenvalue weighted by Gasteiger charge is 2.02. The molecule has 0 fully saturated rings. The highest BCUT2D eigenvalue weighted by atomic mass is 35.5. The van der Waals surface area contributed by atoms with E-state index in [-0.39, 0.29) is 0 Å².